The van der Waals surface area contributed by atoms with Crippen molar-refractivity contribution in [1.29, 1.82) is 0 Å². The second-order valence-electron chi connectivity index (χ2n) is 6.47. The average Bonchev–Trinajstić information content (AvgIpc) is 2.98. The number of hydrogen-bond donors (Lipinski definition) is 1. The average molecular weight is 342 g/mol. The molecule has 3 heterocycles. The molecule has 4 heteroatoms. The quantitative estimate of drug-likeness (QED) is 0.699. The minimum absolute atomic E-state index is 0. The predicted octanol–water partition coefficient (Wildman–Crippen LogP) is 4.37. The van der Waals surface area contributed by atoms with Crippen LogP contribution in [0.4, 0.5) is 0 Å². The van der Waals surface area contributed by atoms with Crippen molar-refractivity contribution >= 4 is 23.3 Å². The van der Waals surface area contributed by atoms with Gasteiger partial charge in [-0.1, -0.05) is 18.2 Å². The van der Waals surface area contributed by atoms with Gasteiger partial charge in [-0.25, -0.2) is 0 Å². The first-order valence-electron chi connectivity index (χ1n) is 8.60. The van der Waals surface area contributed by atoms with Gasteiger partial charge in [0.2, 0.25) is 0 Å². The monoisotopic (exact) mass is 341 g/mol. The third-order valence-corrected chi connectivity index (χ3v) is 4.90. The van der Waals surface area contributed by atoms with E-state index in [1.165, 1.54) is 53.7 Å². The van der Waals surface area contributed by atoms with Gasteiger partial charge in [0.25, 0.3) is 0 Å². The Morgan fingerprint density at radius 1 is 1.04 bits per heavy atom. The highest BCUT2D eigenvalue weighted by Crippen LogP contribution is 2.27. The number of aromatic amines is 1. The summed E-state index contributed by atoms with van der Waals surface area (Å²) in [5, 5.41) is 1.41. The molecule has 0 unspecified atom stereocenters. The molecular formula is C20H24ClN3. The molecule has 0 spiro atoms. The number of fused-ring (bicyclic) bond motifs is 3. The zero-order valence-corrected chi connectivity index (χ0v) is 14.7. The standard InChI is InChI=1S/C20H23N3.ClH/c1-2-7-19-17(6-1)18-15-23(14-10-20(18)22-19)13-4-3-5-16-8-11-21-12-9-16;/h1-2,6-9,11-12,22H,3-5,10,13-15H2;1H. The summed E-state index contributed by atoms with van der Waals surface area (Å²) < 4.78 is 0. The molecule has 2 aromatic heterocycles. The summed E-state index contributed by atoms with van der Waals surface area (Å²) in [6.45, 7) is 3.47. The summed E-state index contributed by atoms with van der Waals surface area (Å²) in [5.41, 5.74) is 5.65. The molecule has 0 aliphatic carbocycles. The van der Waals surface area contributed by atoms with Crippen LogP contribution in [0.3, 0.4) is 0 Å². The molecule has 1 aromatic carbocycles. The second-order valence-corrected chi connectivity index (χ2v) is 6.47. The van der Waals surface area contributed by atoms with Crippen molar-refractivity contribution in [2.45, 2.75) is 32.2 Å². The molecular weight excluding hydrogens is 318 g/mol. The van der Waals surface area contributed by atoms with Crippen LogP contribution in [0.25, 0.3) is 10.9 Å². The fraction of sp³-hybridized carbons (Fsp3) is 0.350. The number of aryl methyl sites for hydroxylation is 1. The summed E-state index contributed by atoms with van der Waals surface area (Å²) in [7, 11) is 0. The molecule has 3 nitrogen and oxygen atoms in total. The highest BCUT2D eigenvalue weighted by molar-refractivity contribution is 5.85. The molecule has 0 amide bonds. The van der Waals surface area contributed by atoms with Gasteiger partial charge in [-0.15, -0.1) is 12.4 Å². The molecule has 4 rings (SSSR count). The first-order valence-corrected chi connectivity index (χ1v) is 8.60. The van der Waals surface area contributed by atoms with Crippen LogP contribution in [0, 0.1) is 0 Å². The van der Waals surface area contributed by atoms with E-state index in [-0.39, 0.29) is 12.4 Å². The van der Waals surface area contributed by atoms with Crippen LogP contribution in [0.15, 0.2) is 48.8 Å². The maximum Gasteiger partial charge on any atom is 0.0459 e. The van der Waals surface area contributed by atoms with Crippen molar-refractivity contribution in [3.05, 3.63) is 65.6 Å². The number of aromatic nitrogens is 2. The van der Waals surface area contributed by atoms with E-state index in [1.807, 2.05) is 12.4 Å². The van der Waals surface area contributed by atoms with Gasteiger partial charge in [0, 0.05) is 48.5 Å². The van der Waals surface area contributed by atoms with Crippen molar-refractivity contribution in [3.63, 3.8) is 0 Å². The Morgan fingerprint density at radius 2 is 1.88 bits per heavy atom. The number of rotatable bonds is 5. The number of nitrogens with zero attached hydrogens (tertiary/aromatic N) is 2. The third-order valence-electron chi connectivity index (χ3n) is 4.90. The molecule has 0 radical (unpaired) electrons. The zero-order chi connectivity index (χ0) is 15.5. The lowest BCUT2D eigenvalue weighted by Gasteiger charge is -2.27. The molecule has 0 saturated carbocycles. The van der Waals surface area contributed by atoms with Gasteiger partial charge in [0.05, 0.1) is 0 Å². The first kappa shape index (κ1) is 17.0. The largest absolute Gasteiger partial charge is 0.358 e. The Balaban J connectivity index is 0.00000169. The van der Waals surface area contributed by atoms with Crippen molar-refractivity contribution in [3.8, 4) is 0 Å². The SMILES string of the molecule is Cl.c1ccc2c3c([nH]c2c1)CCN(CCCCc1ccncc1)C3. The molecule has 3 aromatic rings. The number of H-pyrrole nitrogens is 1. The molecule has 0 saturated heterocycles. The number of para-hydroxylation sites is 1. The summed E-state index contributed by atoms with van der Waals surface area (Å²) >= 11 is 0. The Morgan fingerprint density at radius 3 is 2.75 bits per heavy atom. The van der Waals surface area contributed by atoms with Gasteiger partial charge in [0.1, 0.15) is 0 Å². The Bertz CT molecular complexity index is 782. The van der Waals surface area contributed by atoms with Crippen molar-refractivity contribution < 1.29 is 0 Å². The highest BCUT2D eigenvalue weighted by atomic mass is 35.5. The van der Waals surface area contributed by atoms with E-state index in [0.29, 0.717) is 0 Å². The summed E-state index contributed by atoms with van der Waals surface area (Å²) in [6, 6.07) is 12.9. The summed E-state index contributed by atoms with van der Waals surface area (Å²) in [4.78, 5) is 10.3. The predicted molar refractivity (Wildman–Crippen MR) is 102 cm³/mol. The number of benzene rings is 1. The van der Waals surface area contributed by atoms with E-state index in [0.717, 1.165) is 19.4 Å². The van der Waals surface area contributed by atoms with E-state index in [2.05, 4.69) is 51.3 Å². The van der Waals surface area contributed by atoms with Gasteiger partial charge < -0.3 is 4.98 Å². The van der Waals surface area contributed by atoms with Crippen LogP contribution in [0.5, 0.6) is 0 Å². The normalized spacial score (nSPS) is 14.3. The molecule has 0 fully saturated rings. The number of nitrogens with one attached hydrogen (secondary N) is 1. The van der Waals surface area contributed by atoms with E-state index in [1.54, 1.807) is 0 Å². The zero-order valence-electron chi connectivity index (χ0n) is 13.9. The van der Waals surface area contributed by atoms with E-state index in [4.69, 9.17) is 0 Å². The molecule has 0 bridgehead atoms. The van der Waals surface area contributed by atoms with Crippen LogP contribution in [-0.4, -0.2) is 28.0 Å². The minimum atomic E-state index is 0. The van der Waals surface area contributed by atoms with Crippen molar-refractivity contribution in [1.82, 2.24) is 14.9 Å². The smallest absolute Gasteiger partial charge is 0.0459 e. The van der Waals surface area contributed by atoms with Crippen molar-refractivity contribution in [2.24, 2.45) is 0 Å². The van der Waals surface area contributed by atoms with Crippen LogP contribution in [0.2, 0.25) is 0 Å². The molecule has 126 valence electrons. The van der Waals surface area contributed by atoms with Crippen LogP contribution in [-0.2, 0) is 19.4 Å². The number of unbranched alkanes of at least 4 members (excludes halogenated alkanes) is 1. The van der Waals surface area contributed by atoms with Gasteiger partial charge in [-0.2, -0.15) is 0 Å². The van der Waals surface area contributed by atoms with Gasteiger partial charge in [-0.05, 0) is 55.1 Å². The van der Waals surface area contributed by atoms with Crippen LogP contribution in [0.1, 0.15) is 29.7 Å². The second kappa shape index (κ2) is 7.82. The number of halogens is 1. The van der Waals surface area contributed by atoms with E-state index in [9.17, 15) is 0 Å². The van der Waals surface area contributed by atoms with Crippen molar-refractivity contribution in [2.75, 3.05) is 13.1 Å². The Kier molecular flexibility index (Phi) is 5.54. The summed E-state index contributed by atoms with van der Waals surface area (Å²) in [5.74, 6) is 0. The summed E-state index contributed by atoms with van der Waals surface area (Å²) in [6.07, 6.45) is 8.60. The van der Waals surface area contributed by atoms with Gasteiger partial charge in [0.15, 0.2) is 0 Å². The maximum absolute atomic E-state index is 4.08. The molecule has 24 heavy (non-hydrogen) atoms. The molecule has 1 aliphatic heterocycles. The van der Waals surface area contributed by atoms with Crippen LogP contribution >= 0.6 is 12.4 Å². The molecule has 0 atom stereocenters. The number of pyridine rings is 1. The lowest BCUT2D eigenvalue weighted by Crippen LogP contribution is -2.31. The van der Waals surface area contributed by atoms with Gasteiger partial charge in [-0.3, -0.25) is 9.88 Å². The molecule has 1 aliphatic rings. The maximum atomic E-state index is 4.08. The lowest BCUT2D eigenvalue weighted by atomic mass is 10.0. The highest BCUT2D eigenvalue weighted by Gasteiger charge is 2.19. The fourth-order valence-corrected chi connectivity index (χ4v) is 3.63. The minimum Gasteiger partial charge on any atom is -0.358 e. The Labute approximate surface area is 149 Å². The van der Waals surface area contributed by atoms with E-state index >= 15 is 0 Å². The van der Waals surface area contributed by atoms with Crippen LogP contribution < -0.4 is 0 Å². The number of hydrogen-bond acceptors (Lipinski definition) is 2. The molecule has 1 N–H and O–H groups in total. The Hall–Kier alpha value is -1.84. The topological polar surface area (TPSA) is 31.9 Å². The van der Waals surface area contributed by atoms with Gasteiger partial charge >= 0.3 is 0 Å². The third kappa shape index (κ3) is 3.63. The fourth-order valence-electron chi connectivity index (χ4n) is 3.63. The lowest BCUT2D eigenvalue weighted by molar-refractivity contribution is 0.249. The van der Waals surface area contributed by atoms with E-state index < -0.39 is 0 Å². The first-order chi connectivity index (χ1) is 11.4.